The van der Waals surface area contributed by atoms with E-state index in [-0.39, 0.29) is 18.0 Å². The van der Waals surface area contributed by atoms with Crippen LogP contribution >= 0.6 is 0 Å². The molecule has 0 saturated carbocycles. The minimum atomic E-state index is -0.345. The molecule has 0 atom stereocenters. The molecule has 2 heterocycles. The van der Waals surface area contributed by atoms with Gasteiger partial charge in [-0.3, -0.25) is 13.9 Å². The lowest BCUT2D eigenvalue weighted by Crippen LogP contribution is -2.39. The maximum atomic E-state index is 12.2. The molecule has 0 unspecified atom stereocenters. The van der Waals surface area contributed by atoms with Crippen LogP contribution in [0.25, 0.3) is 0 Å². The quantitative estimate of drug-likeness (QED) is 0.517. The molecule has 2 rings (SSSR count). The summed E-state index contributed by atoms with van der Waals surface area (Å²) in [6.07, 6.45) is 0. The fourth-order valence-corrected chi connectivity index (χ4v) is 2.34. The van der Waals surface area contributed by atoms with Gasteiger partial charge in [0, 0.05) is 27.7 Å². The molecule has 0 amide bonds. The first-order valence-electron chi connectivity index (χ1n) is 5.93. The number of rotatable bonds is 4. The molecule has 19 heavy (non-hydrogen) atoms. The highest BCUT2D eigenvalue weighted by Crippen LogP contribution is 2.29. The highest BCUT2D eigenvalue weighted by Gasteiger charge is 2.30. The molecule has 0 radical (unpaired) electrons. The van der Waals surface area contributed by atoms with Gasteiger partial charge in [0.2, 0.25) is 0 Å². The smallest absolute Gasteiger partial charge is 0.332 e. The second-order valence-electron chi connectivity index (χ2n) is 4.52. The van der Waals surface area contributed by atoms with Crippen LogP contribution in [0.5, 0.6) is 0 Å². The zero-order chi connectivity index (χ0) is 14.2. The summed E-state index contributed by atoms with van der Waals surface area (Å²) in [6, 6.07) is 0. The molecule has 1 aliphatic heterocycles. The lowest BCUT2D eigenvalue weighted by Gasteiger charge is -2.17. The molecule has 0 aromatic carbocycles. The lowest BCUT2D eigenvalue weighted by atomic mass is 10.4. The first-order chi connectivity index (χ1) is 8.99. The third kappa shape index (κ3) is 2.13. The highest BCUT2D eigenvalue weighted by molar-refractivity contribution is 5.71. The van der Waals surface area contributed by atoms with Gasteiger partial charge in [-0.15, -0.1) is 0 Å². The third-order valence-electron chi connectivity index (χ3n) is 3.27. The summed E-state index contributed by atoms with van der Waals surface area (Å²) < 4.78 is 7.44. The Morgan fingerprint density at radius 1 is 1.21 bits per heavy atom. The van der Waals surface area contributed by atoms with Gasteiger partial charge in [-0.25, -0.2) is 4.79 Å². The fourth-order valence-electron chi connectivity index (χ4n) is 2.34. The number of fused-ring (bicyclic) bond motifs is 1. The van der Waals surface area contributed by atoms with Crippen LogP contribution in [-0.2, 0) is 18.8 Å². The largest absolute Gasteiger partial charge is 0.371 e. The molecule has 0 saturated heterocycles. The predicted molar refractivity (Wildman–Crippen MR) is 70.6 cm³/mol. The SMILES string of the molecule is CN1CN(CCOCO)c2c1n(C)c(=O)n(C)c2=O. The minimum absolute atomic E-state index is 0.313. The van der Waals surface area contributed by atoms with Crippen LogP contribution in [-0.4, -0.2) is 47.9 Å². The Hall–Kier alpha value is -1.80. The number of anilines is 2. The maximum absolute atomic E-state index is 12.2. The summed E-state index contributed by atoms with van der Waals surface area (Å²) in [7, 11) is 4.93. The van der Waals surface area contributed by atoms with Crippen LogP contribution in [0.2, 0.25) is 0 Å². The van der Waals surface area contributed by atoms with Crippen LogP contribution < -0.4 is 21.0 Å². The Bertz CT molecular complexity index is 592. The Kier molecular flexibility index (Phi) is 3.63. The fraction of sp³-hybridized carbons (Fsp3) is 0.636. The summed E-state index contributed by atoms with van der Waals surface area (Å²) in [5.41, 5.74) is -0.163. The normalized spacial score (nSPS) is 14.1. The van der Waals surface area contributed by atoms with Crippen molar-refractivity contribution in [3.8, 4) is 0 Å². The monoisotopic (exact) mass is 270 g/mol. The number of aromatic nitrogens is 2. The van der Waals surface area contributed by atoms with Gasteiger partial charge in [0.05, 0.1) is 13.3 Å². The number of nitrogens with zero attached hydrogens (tertiary/aromatic N) is 4. The van der Waals surface area contributed by atoms with E-state index in [9.17, 15) is 9.59 Å². The van der Waals surface area contributed by atoms with Gasteiger partial charge in [-0.05, 0) is 0 Å². The molecule has 1 aliphatic rings. The van der Waals surface area contributed by atoms with Gasteiger partial charge >= 0.3 is 5.69 Å². The molecule has 106 valence electrons. The second kappa shape index (κ2) is 5.06. The molecule has 8 heteroatoms. The average Bonchev–Trinajstić information content (AvgIpc) is 2.71. The van der Waals surface area contributed by atoms with E-state index >= 15 is 0 Å². The van der Waals surface area contributed by atoms with Gasteiger partial charge in [0.15, 0.2) is 0 Å². The Labute approximate surface area is 110 Å². The first-order valence-corrected chi connectivity index (χ1v) is 5.93. The van der Waals surface area contributed by atoms with Gasteiger partial charge in [0.1, 0.15) is 18.3 Å². The van der Waals surface area contributed by atoms with Crippen molar-refractivity contribution in [1.82, 2.24) is 9.13 Å². The maximum Gasteiger partial charge on any atom is 0.332 e. The molecule has 1 aromatic heterocycles. The van der Waals surface area contributed by atoms with Crippen molar-refractivity contribution in [3.05, 3.63) is 20.8 Å². The van der Waals surface area contributed by atoms with Gasteiger partial charge in [-0.1, -0.05) is 0 Å². The van der Waals surface area contributed by atoms with Crippen molar-refractivity contribution >= 4 is 11.5 Å². The molecule has 1 aromatic rings. The average molecular weight is 270 g/mol. The molecular weight excluding hydrogens is 252 g/mol. The highest BCUT2D eigenvalue weighted by atomic mass is 16.6. The zero-order valence-electron chi connectivity index (χ0n) is 11.3. The van der Waals surface area contributed by atoms with E-state index in [1.807, 2.05) is 16.8 Å². The van der Waals surface area contributed by atoms with Crippen molar-refractivity contribution in [2.45, 2.75) is 0 Å². The van der Waals surface area contributed by atoms with Crippen LogP contribution in [0.1, 0.15) is 0 Å². The number of ether oxygens (including phenoxy) is 1. The summed E-state index contributed by atoms with van der Waals surface area (Å²) >= 11 is 0. The number of aliphatic hydroxyl groups is 1. The lowest BCUT2D eigenvalue weighted by molar-refractivity contribution is 0.00227. The van der Waals surface area contributed by atoms with E-state index in [1.54, 1.807) is 7.05 Å². The molecule has 0 fully saturated rings. The second-order valence-corrected chi connectivity index (χ2v) is 4.52. The number of hydrogen-bond acceptors (Lipinski definition) is 6. The Morgan fingerprint density at radius 2 is 1.89 bits per heavy atom. The van der Waals surface area contributed by atoms with Gasteiger partial charge in [0.25, 0.3) is 5.56 Å². The molecular formula is C11H18N4O4. The van der Waals surface area contributed by atoms with Crippen LogP contribution in [0.15, 0.2) is 9.59 Å². The standard InChI is InChI=1S/C11H18N4O4/c1-12-6-15(4-5-19-7-16)8-9(12)13(2)11(18)14(3)10(8)17/h16H,4-7H2,1-3H3. The van der Waals surface area contributed by atoms with E-state index < -0.39 is 0 Å². The zero-order valence-corrected chi connectivity index (χ0v) is 11.3. The first kappa shape index (κ1) is 13.6. The minimum Gasteiger partial charge on any atom is -0.371 e. The summed E-state index contributed by atoms with van der Waals surface area (Å²) in [5.74, 6) is 0.608. The van der Waals surface area contributed by atoms with Crippen LogP contribution in [0, 0.1) is 0 Å². The van der Waals surface area contributed by atoms with Gasteiger partial charge < -0.3 is 19.6 Å². The Morgan fingerprint density at radius 3 is 2.53 bits per heavy atom. The van der Waals surface area contributed by atoms with Crippen molar-refractivity contribution in [1.29, 1.82) is 0 Å². The van der Waals surface area contributed by atoms with E-state index in [1.165, 1.54) is 11.6 Å². The van der Waals surface area contributed by atoms with Crippen molar-refractivity contribution < 1.29 is 9.84 Å². The van der Waals surface area contributed by atoms with Crippen LogP contribution in [0.3, 0.4) is 0 Å². The topological polar surface area (TPSA) is 79.9 Å². The number of aliphatic hydroxyl groups excluding tert-OH is 1. The molecule has 0 bridgehead atoms. The third-order valence-corrected chi connectivity index (χ3v) is 3.27. The van der Waals surface area contributed by atoms with E-state index in [2.05, 4.69) is 0 Å². The van der Waals surface area contributed by atoms with E-state index in [4.69, 9.17) is 9.84 Å². The van der Waals surface area contributed by atoms with Gasteiger partial charge in [-0.2, -0.15) is 0 Å². The van der Waals surface area contributed by atoms with Crippen molar-refractivity contribution in [3.63, 3.8) is 0 Å². The molecule has 0 spiro atoms. The predicted octanol–water partition coefficient (Wildman–Crippen LogP) is -1.74. The van der Waals surface area contributed by atoms with Crippen molar-refractivity contribution in [2.24, 2.45) is 14.1 Å². The molecule has 8 nitrogen and oxygen atoms in total. The summed E-state index contributed by atoms with van der Waals surface area (Å²) in [5, 5.41) is 8.60. The summed E-state index contributed by atoms with van der Waals surface area (Å²) in [4.78, 5) is 27.8. The van der Waals surface area contributed by atoms with E-state index in [0.29, 0.717) is 31.3 Å². The Balaban J connectivity index is 2.46. The van der Waals surface area contributed by atoms with Crippen molar-refractivity contribution in [2.75, 3.05) is 43.5 Å². The molecule has 1 N–H and O–H groups in total. The number of hydrogen-bond donors (Lipinski definition) is 1. The summed E-state index contributed by atoms with van der Waals surface area (Å²) in [6.45, 7) is 0.958. The van der Waals surface area contributed by atoms with E-state index in [0.717, 1.165) is 4.57 Å². The molecule has 0 aliphatic carbocycles. The van der Waals surface area contributed by atoms with Crippen LogP contribution in [0.4, 0.5) is 11.5 Å².